The number of aliphatic hydroxyl groups excluding tert-OH is 1. The predicted molar refractivity (Wildman–Crippen MR) is 78.5 cm³/mol. The standard InChI is InChI=1S/C14H19NO6S/c1-22(18,19)21-10-12-7-13(16)8-15(12)14(17)20-9-11-5-3-2-4-6-11/h2-6,12-13,16H,7-10H2,1H3/t12-,13-/m0/s1. The monoisotopic (exact) mass is 329 g/mol. The van der Waals surface area contributed by atoms with E-state index in [9.17, 15) is 18.3 Å². The Bertz CT molecular complexity index is 603. The van der Waals surface area contributed by atoms with Crippen molar-refractivity contribution < 1.29 is 27.2 Å². The molecule has 0 aliphatic carbocycles. The molecule has 1 amide bonds. The molecule has 2 atom stereocenters. The summed E-state index contributed by atoms with van der Waals surface area (Å²) in [5.41, 5.74) is 0.847. The third kappa shape index (κ3) is 4.97. The van der Waals surface area contributed by atoms with Crippen molar-refractivity contribution in [2.75, 3.05) is 19.4 Å². The first-order valence-corrected chi connectivity index (χ1v) is 8.66. The number of likely N-dealkylation sites (tertiary alicyclic amines) is 1. The highest BCUT2D eigenvalue weighted by Gasteiger charge is 2.36. The SMILES string of the molecule is CS(=O)(=O)OC[C@@H]1C[C@H](O)CN1C(=O)OCc1ccccc1. The van der Waals surface area contributed by atoms with Crippen LogP contribution in [0, 0.1) is 0 Å². The van der Waals surface area contributed by atoms with Gasteiger partial charge in [0.1, 0.15) is 6.61 Å². The minimum Gasteiger partial charge on any atom is -0.445 e. The molecule has 0 bridgehead atoms. The van der Waals surface area contributed by atoms with Gasteiger partial charge in [0.2, 0.25) is 0 Å². The second kappa shape index (κ2) is 7.08. The Labute approximate surface area is 129 Å². The zero-order valence-electron chi connectivity index (χ0n) is 12.2. The highest BCUT2D eigenvalue weighted by molar-refractivity contribution is 7.85. The third-order valence-electron chi connectivity index (χ3n) is 3.31. The first kappa shape index (κ1) is 16.7. The van der Waals surface area contributed by atoms with Gasteiger partial charge in [0.05, 0.1) is 31.6 Å². The molecule has 0 saturated carbocycles. The fraction of sp³-hybridized carbons (Fsp3) is 0.500. The maximum Gasteiger partial charge on any atom is 0.410 e. The number of hydrogen-bond acceptors (Lipinski definition) is 6. The van der Waals surface area contributed by atoms with Gasteiger partial charge in [-0.15, -0.1) is 0 Å². The second-order valence-corrected chi connectivity index (χ2v) is 6.87. The highest BCUT2D eigenvalue weighted by Crippen LogP contribution is 2.20. The minimum absolute atomic E-state index is 0.103. The van der Waals surface area contributed by atoms with Crippen molar-refractivity contribution in [2.45, 2.75) is 25.2 Å². The fourth-order valence-corrected chi connectivity index (χ4v) is 2.68. The smallest absolute Gasteiger partial charge is 0.410 e. The summed E-state index contributed by atoms with van der Waals surface area (Å²) in [6.07, 6.45) is -0.105. The fourth-order valence-electron chi connectivity index (χ4n) is 2.28. The molecule has 1 aliphatic heterocycles. The number of hydrogen-bond donors (Lipinski definition) is 1. The van der Waals surface area contributed by atoms with E-state index in [0.717, 1.165) is 11.8 Å². The van der Waals surface area contributed by atoms with Crippen LogP contribution in [0.1, 0.15) is 12.0 Å². The normalized spacial score (nSPS) is 21.8. The second-order valence-electron chi connectivity index (χ2n) is 5.22. The average molecular weight is 329 g/mol. The Morgan fingerprint density at radius 3 is 2.68 bits per heavy atom. The summed E-state index contributed by atoms with van der Waals surface area (Å²) in [5.74, 6) is 0. The van der Waals surface area contributed by atoms with Gasteiger partial charge < -0.3 is 14.7 Å². The van der Waals surface area contributed by atoms with Gasteiger partial charge in [0.15, 0.2) is 0 Å². The molecule has 1 N–H and O–H groups in total. The first-order valence-electron chi connectivity index (χ1n) is 6.85. The molecule has 1 aromatic carbocycles. The molecule has 2 rings (SSSR count). The number of rotatable bonds is 5. The van der Waals surface area contributed by atoms with Crippen LogP contribution in [0.25, 0.3) is 0 Å². The Balaban J connectivity index is 1.91. The zero-order valence-corrected chi connectivity index (χ0v) is 13.0. The van der Waals surface area contributed by atoms with E-state index in [-0.39, 0.29) is 26.2 Å². The van der Waals surface area contributed by atoms with Crippen molar-refractivity contribution in [3.05, 3.63) is 35.9 Å². The number of β-amino-alcohol motifs (C(OH)–C–C–N with tert-alkyl or cyclic N) is 1. The summed E-state index contributed by atoms with van der Waals surface area (Å²) in [7, 11) is -3.59. The summed E-state index contributed by atoms with van der Waals surface area (Å²) in [6.45, 7) is 0.0354. The third-order valence-corrected chi connectivity index (χ3v) is 3.87. The number of benzene rings is 1. The van der Waals surface area contributed by atoms with E-state index < -0.39 is 28.4 Å². The first-order chi connectivity index (χ1) is 10.3. The molecule has 1 aromatic rings. The van der Waals surface area contributed by atoms with Crippen molar-refractivity contribution in [2.24, 2.45) is 0 Å². The Kier molecular flexibility index (Phi) is 5.38. The van der Waals surface area contributed by atoms with Gasteiger partial charge in [-0.25, -0.2) is 4.79 Å². The van der Waals surface area contributed by atoms with Gasteiger partial charge in [0, 0.05) is 0 Å². The molecule has 0 spiro atoms. The van der Waals surface area contributed by atoms with E-state index in [0.29, 0.717) is 0 Å². The average Bonchev–Trinajstić information content (AvgIpc) is 2.84. The number of ether oxygens (including phenoxy) is 1. The van der Waals surface area contributed by atoms with E-state index in [1.807, 2.05) is 30.3 Å². The Hall–Kier alpha value is -1.64. The summed E-state index contributed by atoms with van der Waals surface area (Å²) in [4.78, 5) is 13.4. The quantitative estimate of drug-likeness (QED) is 0.801. The van der Waals surface area contributed by atoms with E-state index in [1.54, 1.807) is 0 Å². The largest absolute Gasteiger partial charge is 0.445 e. The summed E-state index contributed by atoms with van der Waals surface area (Å²) >= 11 is 0. The van der Waals surface area contributed by atoms with Gasteiger partial charge in [0.25, 0.3) is 10.1 Å². The number of carbonyl (C=O) groups excluding carboxylic acids is 1. The molecule has 1 heterocycles. The van der Waals surface area contributed by atoms with E-state index in [2.05, 4.69) is 0 Å². The van der Waals surface area contributed by atoms with Gasteiger partial charge in [-0.2, -0.15) is 8.42 Å². The van der Waals surface area contributed by atoms with Crippen LogP contribution in [0.5, 0.6) is 0 Å². The summed E-state index contributed by atoms with van der Waals surface area (Å²) in [6, 6.07) is 8.68. The summed E-state index contributed by atoms with van der Waals surface area (Å²) in [5, 5.41) is 9.68. The number of amides is 1. The number of nitrogens with zero attached hydrogens (tertiary/aromatic N) is 1. The van der Waals surface area contributed by atoms with Crippen molar-refractivity contribution in [1.82, 2.24) is 4.90 Å². The van der Waals surface area contributed by atoms with Crippen LogP contribution in [-0.2, 0) is 25.6 Å². The van der Waals surface area contributed by atoms with Crippen molar-refractivity contribution in [1.29, 1.82) is 0 Å². The van der Waals surface area contributed by atoms with E-state index >= 15 is 0 Å². The van der Waals surface area contributed by atoms with E-state index in [4.69, 9.17) is 8.92 Å². The van der Waals surface area contributed by atoms with Gasteiger partial charge in [-0.05, 0) is 12.0 Å². The summed E-state index contributed by atoms with van der Waals surface area (Å²) < 4.78 is 32.0. The van der Waals surface area contributed by atoms with Crippen LogP contribution in [0.15, 0.2) is 30.3 Å². The molecule has 0 radical (unpaired) electrons. The van der Waals surface area contributed by atoms with Crippen molar-refractivity contribution >= 4 is 16.2 Å². The van der Waals surface area contributed by atoms with Gasteiger partial charge >= 0.3 is 6.09 Å². The molecule has 0 unspecified atom stereocenters. The zero-order chi connectivity index (χ0) is 16.2. The lowest BCUT2D eigenvalue weighted by atomic mass is 10.2. The van der Waals surface area contributed by atoms with Crippen molar-refractivity contribution in [3.8, 4) is 0 Å². The molecular formula is C14H19NO6S. The van der Waals surface area contributed by atoms with Gasteiger partial charge in [-0.1, -0.05) is 30.3 Å². The van der Waals surface area contributed by atoms with Crippen LogP contribution >= 0.6 is 0 Å². The molecule has 22 heavy (non-hydrogen) atoms. The molecular weight excluding hydrogens is 310 g/mol. The molecule has 1 aliphatic rings. The molecule has 1 saturated heterocycles. The van der Waals surface area contributed by atoms with Crippen LogP contribution in [0.3, 0.4) is 0 Å². The maximum atomic E-state index is 12.1. The lowest BCUT2D eigenvalue weighted by Gasteiger charge is -2.23. The predicted octanol–water partition coefficient (Wildman–Crippen LogP) is 0.735. The highest BCUT2D eigenvalue weighted by atomic mass is 32.2. The molecule has 0 aromatic heterocycles. The van der Waals surface area contributed by atoms with Crippen LogP contribution in [-0.4, -0.2) is 56.1 Å². The molecule has 7 nitrogen and oxygen atoms in total. The van der Waals surface area contributed by atoms with Crippen LogP contribution in [0.4, 0.5) is 4.79 Å². The topological polar surface area (TPSA) is 93.1 Å². The number of carbonyl (C=O) groups is 1. The van der Waals surface area contributed by atoms with E-state index in [1.165, 1.54) is 4.90 Å². The lowest BCUT2D eigenvalue weighted by Crippen LogP contribution is -2.39. The van der Waals surface area contributed by atoms with Crippen LogP contribution < -0.4 is 0 Å². The Morgan fingerprint density at radius 2 is 2.05 bits per heavy atom. The molecule has 122 valence electrons. The number of aliphatic hydroxyl groups is 1. The molecule has 8 heteroatoms. The van der Waals surface area contributed by atoms with Crippen molar-refractivity contribution in [3.63, 3.8) is 0 Å². The molecule has 1 fully saturated rings. The maximum absolute atomic E-state index is 12.1. The van der Waals surface area contributed by atoms with Crippen LogP contribution in [0.2, 0.25) is 0 Å². The van der Waals surface area contributed by atoms with Gasteiger partial charge in [-0.3, -0.25) is 4.18 Å². The Morgan fingerprint density at radius 1 is 1.36 bits per heavy atom. The lowest BCUT2D eigenvalue weighted by molar-refractivity contribution is 0.0802. The minimum atomic E-state index is -3.59.